The van der Waals surface area contributed by atoms with Crippen molar-refractivity contribution >= 4 is 101 Å². The highest BCUT2D eigenvalue weighted by atomic mass is 15.2. The highest BCUT2D eigenvalue weighted by molar-refractivity contribution is 7.00. The SMILES string of the molecule is CCCCCc1cc2c3c(c1)N(c1c(-c4ccccc4)cc(C(C)(C)C)cc1-c1ccccc1)c1cc(-n4c5ccc(C(C)(C)C)cc5c5cc(C(C)(C)C)ccc54)ccc1B3c1ccc(-n3c4ccc(C(C)(C)C)cc4c4cc(C(C)(C)C)ccc43)cc1N2c1c(-c2ccccc2)cc(C(C)(C)C)cc1-c1ccccc1. The number of hydrogen-bond acceptors (Lipinski definition) is 2. The summed E-state index contributed by atoms with van der Waals surface area (Å²) in [5, 5.41) is 5.09. The molecule has 2 aromatic heterocycles. The van der Waals surface area contributed by atoms with Crippen LogP contribution in [-0.2, 0) is 38.9 Å². The Hall–Kier alpha value is -10.9. The van der Waals surface area contributed by atoms with Crippen molar-refractivity contribution in [2.24, 2.45) is 0 Å². The average molecular weight is 1460 g/mol. The van der Waals surface area contributed by atoms with Gasteiger partial charge in [0, 0.05) is 77.9 Å². The van der Waals surface area contributed by atoms with Crippen molar-refractivity contribution in [3.05, 3.63) is 306 Å². The van der Waals surface area contributed by atoms with E-state index < -0.39 is 0 Å². The summed E-state index contributed by atoms with van der Waals surface area (Å²) in [6, 6.07) is 105. The average Bonchev–Trinajstić information content (AvgIpc) is 0.871. The molecule has 4 heterocycles. The Morgan fingerprint density at radius 3 is 0.821 bits per heavy atom. The highest BCUT2D eigenvalue weighted by Gasteiger charge is 2.46. The number of aromatic nitrogens is 2. The number of benzene rings is 13. The van der Waals surface area contributed by atoms with Crippen LogP contribution in [-0.4, -0.2) is 15.8 Å². The minimum Gasteiger partial charge on any atom is -0.310 e. The zero-order valence-corrected chi connectivity index (χ0v) is 69.6. The molecule has 560 valence electrons. The molecule has 2 aliphatic heterocycles. The molecule has 0 saturated heterocycles. The molecule has 112 heavy (non-hydrogen) atoms. The van der Waals surface area contributed by atoms with E-state index in [0.717, 1.165) is 59.8 Å². The van der Waals surface area contributed by atoms with E-state index >= 15 is 0 Å². The Bertz CT molecular complexity index is 5550. The van der Waals surface area contributed by atoms with Gasteiger partial charge in [-0.25, -0.2) is 0 Å². The first-order valence-corrected chi connectivity index (χ1v) is 41.1. The van der Waals surface area contributed by atoms with E-state index in [9.17, 15) is 0 Å². The summed E-state index contributed by atoms with van der Waals surface area (Å²) in [6.07, 6.45) is 4.19. The van der Waals surface area contributed by atoms with E-state index in [1.54, 1.807) is 0 Å². The Morgan fingerprint density at radius 2 is 0.554 bits per heavy atom. The molecule has 0 aliphatic carbocycles. The maximum absolute atomic E-state index is 2.78. The van der Waals surface area contributed by atoms with Crippen molar-refractivity contribution in [3.8, 4) is 55.9 Å². The Kier molecular flexibility index (Phi) is 18.0. The molecule has 0 radical (unpaired) electrons. The number of fused-ring (bicyclic) bond motifs is 10. The highest BCUT2D eigenvalue weighted by Crippen LogP contribution is 2.56. The topological polar surface area (TPSA) is 16.3 Å². The number of rotatable bonds is 12. The van der Waals surface area contributed by atoms with Crippen LogP contribution in [0.2, 0.25) is 0 Å². The van der Waals surface area contributed by atoms with Crippen LogP contribution in [0.15, 0.2) is 267 Å². The van der Waals surface area contributed by atoms with Gasteiger partial charge in [0.25, 0.3) is 6.71 Å². The summed E-state index contributed by atoms with van der Waals surface area (Å²) in [7, 11) is 0. The largest absolute Gasteiger partial charge is 0.310 e. The van der Waals surface area contributed by atoms with Crippen LogP contribution in [0.3, 0.4) is 0 Å². The summed E-state index contributed by atoms with van der Waals surface area (Å²) in [4.78, 5) is 5.56. The second kappa shape index (κ2) is 27.2. The molecule has 0 amide bonds. The first kappa shape index (κ1) is 73.9. The lowest BCUT2D eigenvalue weighted by Gasteiger charge is -2.46. The maximum atomic E-state index is 2.78. The van der Waals surface area contributed by atoms with Crippen molar-refractivity contribution in [1.82, 2.24) is 9.13 Å². The van der Waals surface area contributed by atoms with Gasteiger partial charge in [0.15, 0.2) is 0 Å². The molecule has 17 rings (SSSR count). The summed E-state index contributed by atoms with van der Waals surface area (Å²) in [6.45, 7) is 44.5. The molecule has 4 nitrogen and oxygen atoms in total. The Morgan fingerprint density at radius 1 is 0.268 bits per heavy atom. The molecule has 0 atom stereocenters. The van der Waals surface area contributed by atoms with E-state index in [1.807, 2.05) is 0 Å². The van der Waals surface area contributed by atoms with Gasteiger partial charge in [-0.2, -0.15) is 0 Å². The zero-order valence-electron chi connectivity index (χ0n) is 69.6. The molecule has 13 aromatic carbocycles. The van der Waals surface area contributed by atoms with Gasteiger partial charge in [-0.15, -0.1) is 0 Å². The lowest BCUT2D eigenvalue weighted by molar-refractivity contribution is 0.590. The monoisotopic (exact) mass is 1460 g/mol. The smallest absolute Gasteiger partial charge is 0.252 e. The van der Waals surface area contributed by atoms with Crippen molar-refractivity contribution in [3.63, 3.8) is 0 Å². The molecule has 0 unspecified atom stereocenters. The van der Waals surface area contributed by atoms with Gasteiger partial charge in [0.1, 0.15) is 0 Å². The van der Waals surface area contributed by atoms with E-state index in [2.05, 4.69) is 417 Å². The number of hydrogen-bond donors (Lipinski definition) is 0. The van der Waals surface area contributed by atoms with Crippen LogP contribution >= 0.6 is 0 Å². The second-order valence-electron chi connectivity index (χ2n) is 38.5. The molecule has 0 saturated carbocycles. The maximum Gasteiger partial charge on any atom is 0.252 e. The fourth-order valence-electron chi connectivity index (χ4n) is 17.9. The summed E-state index contributed by atoms with van der Waals surface area (Å²) in [5.74, 6) is 0. The van der Waals surface area contributed by atoms with Crippen LogP contribution in [0.1, 0.15) is 190 Å². The van der Waals surface area contributed by atoms with E-state index in [0.29, 0.717) is 0 Å². The third kappa shape index (κ3) is 12.9. The zero-order chi connectivity index (χ0) is 78.5. The van der Waals surface area contributed by atoms with Crippen LogP contribution in [0.25, 0.3) is 99.5 Å². The Labute approximate surface area is 666 Å². The van der Waals surface area contributed by atoms with Crippen molar-refractivity contribution in [1.29, 1.82) is 0 Å². The van der Waals surface area contributed by atoms with Crippen LogP contribution in [0.4, 0.5) is 34.1 Å². The summed E-state index contributed by atoms with van der Waals surface area (Å²) < 4.78 is 5.17. The normalized spacial score (nSPS) is 13.4. The van der Waals surface area contributed by atoms with E-state index in [1.165, 1.54) is 155 Å². The predicted molar refractivity (Wildman–Crippen MR) is 486 cm³/mol. The van der Waals surface area contributed by atoms with E-state index in [-0.39, 0.29) is 39.2 Å². The molecular formula is C107H109BN4. The number of aryl methyl sites for hydroxylation is 1. The van der Waals surface area contributed by atoms with Crippen molar-refractivity contribution in [2.75, 3.05) is 9.80 Å². The van der Waals surface area contributed by atoms with Crippen LogP contribution in [0.5, 0.6) is 0 Å². The Balaban J connectivity index is 1.06. The molecule has 0 fully saturated rings. The van der Waals surface area contributed by atoms with Crippen molar-refractivity contribution in [2.45, 2.75) is 190 Å². The minimum atomic E-state index is -0.234. The van der Waals surface area contributed by atoms with E-state index in [4.69, 9.17) is 0 Å². The third-order valence-corrected chi connectivity index (χ3v) is 24.4. The van der Waals surface area contributed by atoms with Crippen molar-refractivity contribution < 1.29 is 0 Å². The predicted octanol–water partition coefficient (Wildman–Crippen LogP) is 28.1. The van der Waals surface area contributed by atoms with Gasteiger partial charge < -0.3 is 18.9 Å². The first-order chi connectivity index (χ1) is 53.3. The molecule has 0 N–H and O–H groups in total. The van der Waals surface area contributed by atoms with Crippen LogP contribution < -0.4 is 26.2 Å². The van der Waals surface area contributed by atoms with Gasteiger partial charge in [-0.05, 0) is 232 Å². The van der Waals surface area contributed by atoms with Gasteiger partial charge in [0.2, 0.25) is 0 Å². The fraction of sp³-hybridized carbons (Fsp3) is 0.271. The first-order valence-electron chi connectivity index (χ1n) is 41.1. The van der Waals surface area contributed by atoms with Gasteiger partial charge >= 0.3 is 0 Å². The van der Waals surface area contributed by atoms with Gasteiger partial charge in [-0.1, -0.05) is 302 Å². The van der Waals surface area contributed by atoms with Crippen LogP contribution in [0, 0.1) is 0 Å². The standard InChI is InChI=1S/C107H109BN4/c1-20-21-26-35-68-56-97-99-98(57-68)112(101-83(71-40-31-24-32-41-71)64-78(107(17,18)19)65-84(101)72-42-33-25-34-43-72)96-67-80(110-93-54-46-75(104(8,9)10)60-87(93)88-61-76(105(11,12)13)47-55-94(88)110)49-51-90(96)108(99)89-50-48-79(109-91-52-44-73(102(2,3)4)58-85(91)86-59-74(103(5,6)7)45-53-92(86)109)66-95(89)111(97)100-81(69-36-27-22-28-37-69)62-77(106(14,15)16)63-82(100)70-38-29-23-30-39-70/h22-25,27-34,36-67H,20-21,26,35H2,1-19H3. The summed E-state index contributed by atoms with van der Waals surface area (Å²) in [5.41, 5.74) is 35.9. The summed E-state index contributed by atoms with van der Waals surface area (Å²) >= 11 is 0. The number of unbranched alkanes of at least 4 members (excludes halogenated alkanes) is 2. The molecule has 15 aromatic rings. The molecule has 5 heteroatoms. The fourth-order valence-corrected chi connectivity index (χ4v) is 17.9. The molecular weight excluding hydrogens is 1350 g/mol. The lowest BCUT2D eigenvalue weighted by Crippen LogP contribution is -2.61. The molecule has 2 aliphatic rings. The number of anilines is 6. The molecule has 0 bridgehead atoms. The second-order valence-corrected chi connectivity index (χ2v) is 38.5. The lowest BCUT2D eigenvalue weighted by atomic mass is 9.33. The van der Waals surface area contributed by atoms with Gasteiger partial charge in [0.05, 0.1) is 33.4 Å². The quantitative estimate of drug-likeness (QED) is 0.0895. The van der Waals surface area contributed by atoms with Gasteiger partial charge in [-0.3, -0.25) is 0 Å². The third-order valence-electron chi connectivity index (χ3n) is 24.4. The molecule has 0 spiro atoms. The number of nitrogens with zero attached hydrogens (tertiary/aromatic N) is 4. The minimum absolute atomic E-state index is 0.0574.